The molecule has 4 aliphatic rings. The van der Waals surface area contributed by atoms with Crippen LogP contribution in [0.2, 0.25) is 0 Å². The predicted octanol–water partition coefficient (Wildman–Crippen LogP) is 1.99. The number of fused-ring (bicyclic) bond motifs is 1. The fourth-order valence-electron chi connectivity index (χ4n) is 6.04. The highest BCUT2D eigenvalue weighted by Gasteiger charge is 2.53. The van der Waals surface area contributed by atoms with Crippen LogP contribution in [-0.2, 0) is 14.8 Å². The molecule has 156 valence electrons. The molecule has 0 bridgehead atoms. The standard InChI is InChI=1S/C21H28N4O3S/c26-29(27,19-3-1-2-17-5-9-22-25(17)19)24-10-7-20(8-11-24)6-4-18(12-20)23-13-21(14-23)15-28-16-21/h1-3,5,9,18H,4,6-8,10-16H2. The molecule has 3 saturated heterocycles. The molecule has 0 radical (unpaired) electrons. The van der Waals surface area contributed by atoms with Crippen LogP contribution in [0.15, 0.2) is 35.5 Å². The van der Waals surface area contributed by atoms with E-state index in [1.807, 2.05) is 12.1 Å². The number of sulfonamides is 1. The van der Waals surface area contributed by atoms with Crippen LogP contribution in [0.1, 0.15) is 32.1 Å². The van der Waals surface area contributed by atoms with Crippen molar-refractivity contribution in [1.82, 2.24) is 18.8 Å². The zero-order valence-electron chi connectivity index (χ0n) is 16.7. The second-order valence-electron chi connectivity index (χ2n) is 9.73. The van der Waals surface area contributed by atoms with Crippen LogP contribution in [0.25, 0.3) is 5.52 Å². The van der Waals surface area contributed by atoms with Crippen LogP contribution in [-0.4, -0.2) is 72.7 Å². The Hall–Kier alpha value is -1.48. The molecule has 1 saturated carbocycles. The molecule has 2 aromatic heterocycles. The molecular weight excluding hydrogens is 388 g/mol. The van der Waals surface area contributed by atoms with Crippen LogP contribution in [0, 0.1) is 10.8 Å². The maximum absolute atomic E-state index is 13.3. The van der Waals surface area contributed by atoms with Gasteiger partial charge in [-0.05, 0) is 55.7 Å². The second kappa shape index (κ2) is 6.26. The zero-order valence-corrected chi connectivity index (χ0v) is 17.5. The van der Waals surface area contributed by atoms with Gasteiger partial charge in [0, 0.05) is 37.6 Å². The number of pyridine rings is 1. The topological polar surface area (TPSA) is 67.2 Å². The molecule has 4 fully saturated rings. The van der Waals surface area contributed by atoms with E-state index in [1.54, 1.807) is 22.6 Å². The predicted molar refractivity (Wildman–Crippen MR) is 108 cm³/mol. The second-order valence-corrected chi connectivity index (χ2v) is 11.6. The van der Waals surface area contributed by atoms with E-state index in [-0.39, 0.29) is 5.03 Å². The first-order valence-electron chi connectivity index (χ1n) is 10.7. The molecule has 1 aliphatic carbocycles. The fourth-order valence-corrected chi connectivity index (χ4v) is 7.59. The monoisotopic (exact) mass is 416 g/mol. The van der Waals surface area contributed by atoms with Gasteiger partial charge in [-0.25, -0.2) is 12.9 Å². The van der Waals surface area contributed by atoms with Gasteiger partial charge in [0.25, 0.3) is 10.0 Å². The Morgan fingerprint density at radius 2 is 1.83 bits per heavy atom. The van der Waals surface area contributed by atoms with Gasteiger partial charge in [-0.3, -0.25) is 4.90 Å². The van der Waals surface area contributed by atoms with Crippen molar-refractivity contribution in [3.63, 3.8) is 0 Å². The third-order valence-electron chi connectivity index (χ3n) is 7.86. The van der Waals surface area contributed by atoms with Gasteiger partial charge in [0.15, 0.2) is 5.03 Å². The summed E-state index contributed by atoms with van der Waals surface area (Å²) in [5.74, 6) is 0. The Bertz CT molecular complexity index is 1030. The molecule has 0 amide bonds. The number of nitrogens with zero attached hydrogens (tertiary/aromatic N) is 4. The summed E-state index contributed by atoms with van der Waals surface area (Å²) in [5.41, 5.74) is 1.61. The maximum Gasteiger partial charge on any atom is 0.260 e. The van der Waals surface area contributed by atoms with Crippen molar-refractivity contribution in [2.24, 2.45) is 10.8 Å². The van der Waals surface area contributed by atoms with Crippen molar-refractivity contribution in [1.29, 1.82) is 0 Å². The zero-order chi connectivity index (χ0) is 19.7. The highest BCUT2D eigenvalue weighted by Crippen LogP contribution is 2.51. The first-order valence-corrected chi connectivity index (χ1v) is 12.2. The number of ether oxygens (including phenoxy) is 1. The summed E-state index contributed by atoms with van der Waals surface area (Å²) < 4.78 is 35.2. The Kier molecular flexibility index (Phi) is 3.95. The number of likely N-dealkylation sites (tertiary alicyclic amines) is 1. The van der Waals surface area contributed by atoms with Crippen LogP contribution in [0.4, 0.5) is 0 Å². The lowest BCUT2D eigenvalue weighted by atomic mass is 9.75. The lowest BCUT2D eigenvalue weighted by Crippen LogP contribution is -2.67. The molecule has 3 aliphatic heterocycles. The normalized spacial score (nSPS) is 29.3. The van der Waals surface area contributed by atoms with Crippen molar-refractivity contribution < 1.29 is 13.2 Å². The molecule has 5 heterocycles. The summed E-state index contributed by atoms with van der Waals surface area (Å²) >= 11 is 0. The van der Waals surface area contributed by atoms with E-state index in [2.05, 4.69) is 10.00 Å². The van der Waals surface area contributed by atoms with Gasteiger partial charge in [-0.1, -0.05) is 6.07 Å². The number of piperidine rings is 1. The van der Waals surface area contributed by atoms with Gasteiger partial charge in [0.1, 0.15) is 0 Å². The molecule has 7 nitrogen and oxygen atoms in total. The fraction of sp³-hybridized carbons (Fsp3) is 0.667. The molecule has 1 unspecified atom stereocenters. The summed E-state index contributed by atoms with van der Waals surface area (Å²) in [7, 11) is -3.53. The Morgan fingerprint density at radius 3 is 2.55 bits per heavy atom. The van der Waals surface area contributed by atoms with E-state index in [4.69, 9.17) is 4.74 Å². The first kappa shape index (κ1) is 18.3. The van der Waals surface area contributed by atoms with E-state index in [0.717, 1.165) is 31.6 Å². The van der Waals surface area contributed by atoms with Crippen molar-refractivity contribution in [3.8, 4) is 0 Å². The summed E-state index contributed by atoms with van der Waals surface area (Å²) in [6, 6.07) is 7.85. The van der Waals surface area contributed by atoms with E-state index >= 15 is 0 Å². The van der Waals surface area contributed by atoms with Crippen LogP contribution in [0.3, 0.4) is 0 Å². The average molecular weight is 417 g/mol. The molecule has 2 spiro atoms. The van der Waals surface area contributed by atoms with Crippen molar-refractivity contribution in [3.05, 3.63) is 30.5 Å². The summed E-state index contributed by atoms with van der Waals surface area (Å²) in [4.78, 5) is 2.65. The molecule has 29 heavy (non-hydrogen) atoms. The van der Waals surface area contributed by atoms with Gasteiger partial charge in [0.05, 0.1) is 24.9 Å². The van der Waals surface area contributed by atoms with Crippen LogP contribution >= 0.6 is 0 Å². The average Bonchev–Trinajstić information content (AvgIpc) is 3.27. The first-order chi connectivity index (χ1) is 14.0. The quantitative estimate of drug-likeness (QED) is 0.766. The van der Waals surface area contributed by atoms with Gasteiger partial charge in [0.2, 0.25) is 0 Å². The van der Waals surface area contributed by atoms with Gasteiger partial charge >= 0.3 is 0 Å². The molecule has 2 aromatic rings. The van der Waals surface area contributed by atoms with E-state index in [9.17, 15) is 8.42 Å². The van der Waals surface area contributed by atoms with E-state index < -0.39 is 10.0 Å². The molecule has 6 rings (SSSR count). The van der Waals surface area contributed by atoms with Crippen LogP contribution in [0.5, 0.6) is 0 Å². The SMILES string of the molecule is O=S(=O)(c1cccc2ccnn12)N1CCC2(CCC(N3CC4(COC4)C3)C2)CC1. The third kappa shape index (κ3) is 2.80. The third-order valence-corrected chi connectivity index (χ3v) is 9.74. The molecule has 0 N–H and O–H groups in total. The summed E-state index contributed by atoms with van der Waals surface area (Å²) in [6.45, 7) is 5.51. The number of hydrogen-bond acceptors (Lipinski definition) is 5. The van der Waals surface area contributed by atoms with E-state index in [0.29, 0.717) is 30.0 Å². The maximum atomic E-state index is 13.3. The molecular formula is C21H28N4O3S. The Labute approximate surface area is 171 Å². The molecule has 8 heteroatoms. The largest absolute Gasteiger partial charge is 0.380 e. The lowest BCUT2D eigenvalue weighted by Gasteiger charge is -2.57. The van der Waals surface area contributed by atoms with Crippen molar-refractivity contribution >= 4 is 15.5 Å². The molecule has 1 atom stereocenters. The Balaban J connectivity index is 1.13. The van der Waals surface area contributed by atoms with Gasteiger partial charge in [-0.2, -0.15) is 9.40 Å². The van der Waals surface area contributed by atoms with E-state index in [1.165, 1.54) is 36.9 Å². The number of hydrogen-bond donors (Lipinski definition) is 0. The highest BCUT2D eigenvalue weighted by molar-refractivity contribution is 7.89. The number of aromatic nitrogens is 2. The Morgan fingerprint density at radius 1 is 1.03 bits per heavy atom. The number of rotatable bonds is 3. The van der Waals surface area contributed by atoms with Gasteiger partial charge < -0.3 is 4.74 Å². The summed E-state index contributed by atoms with van der Waals surface area (Å²) in [6.07, 6.45) is 7.32. The minimum Gasteiger partial charge on any atom is -0.380 e. The smallest absolute Gasteiger partial charge is 0.260 e. The minimum absolute atomic E-state index is 0.272. The minimum atomic E-state index is -3.53. The summed E-state index contributed by atoms with van der Waals surface area (Å²) in [5, 5.41) is 4.49. The van der Waals surface area contributed by atoms with Crippen molar-refractivity contribution in [2.75, 3.05) is 39.4 Å². The highest BCUT2D eigenvalue weighted by atomic mass is 32.2. The molecule has 0 aromatic carbocycles. The van der Waals surface area contributed by atoms with Gasteiger partial charge in [-0.15, -0.1) is 0 Å². The lowest BCUT2D eigenvalue weighted by molar-refractivity contribution is -0.198. The van der Waals surface area contributed by atoms with Crippen molar-refractivity contribution in [2.45, 2.75) is 43.2 Å². The van der Waals surface area contributed by atoms with Crippen LogP contribution < -0.4 is 0 Å².